The van der Waals surface area contributed by atoms with Gasteiger partial charge in [0.05, 0.1) is 6.54 Å². The Morgan fingerprint density at radius 3 is 2.42 bits per heavy atom. The number of para-hydroxylation sites is 1. The predicted molar refractivity (Wildman–Crippen MR) is 102 cm³/mol. The van der Waals surface area contributed by atoms with E-state index in [2.05, 4.69) is 50.5 Å². The van der Waals surface area contributed by atoms with Crippen molar-refractivity contribution in [3.8, 4) is 0 Å². The maximum atomic E-state index is 6.08. The number of benzene rings is 2. The van der Waals surface area contributed by atoms with Crippen LogP contribution >= 0.6 is 15.9 Å². The largest absolute Gasteiger partial charge is 0.381 e. The number of ether oxygens (including phenoxy) is 1. The van der Waals surface area contributed by atoms with Crippen LogP contribution in [0.4, 0.5) is 5.69 Å². The van der Waals surface area contributed by atoms with Crippen molar-refractivity contribution in [2.45, 2.75) is 18.3 Å². The molecule has 2 aromatic carbocycles. The summed E-state index contributed by atoms with van der Waals surface area (Å²) in [5.41, 5.74) is 8.32. The number of halogens is 1. The number of anilines is 1. The summed E-state index contributed by atoms with van der Waals surface area (Å²) in [5.74, 6) is 0.448. The molecular formula is C19H22BrN3O. The standard InChI is InChI=1S/C19H22BrN3O/c20-16-8-6-15(7-9-16)19(10-12-24-13-11-19)14-22-18(21)23-17-4-2-1-3-5-17/h1-9H,10-14H2,(H3,21,22,23). The van der Waals surface area contributed by atoms with Crippen molar-refractivity contribution < 1.29 is 4.74 Å². The van der Waals surface area contributed by atoms with Crippen LogP contribution in [0.2, 0.25) is 0 Å². The highest BCUT2D eigenvalue weighted by atomic mass is 79.9. The molecule has 1 aliphatic heterocycles. The van der Waals surface area contributed by atoms with E-state index in [9.17, 15) is 0 Å². The van der Waals surface area contributed by atoms with Gasteiger partial charge in [0.1, 0.15) is 0 Å². The van der Waals surface area contributed by atoms with Gasteiger partial charge in [-0.3, -0.25) is 4.99 Å². The molecule has 5 heteroatoms. The van der Waals surface area contributed by atoms with Crippen LogP contribution in [0.25, 0.3) is 0 Å². The molecule has 3 rings (SSSR count). The molecule has 3 N–H and O–H groups in total. The van der Waals surface area contributed by atoms with E-state index in [1.165, 1.54) is 5.56 Å². The Balaban J connectivity index is 1.77. The third kappa shape index (κ3) is 4.16. The highest BCUT2D eigenvalue weighted by Crippen LogP contribution is 2.35. The number of nitrogens with zero attached hydrogens (tertiary/aromatic N) is 1. The molecule has 0 aliphatic carbocycles. The summed E-state index contributed by atoms with van der Waals surface area (Å²) in [6, 6.07) is 18.4. The van der Waals surface area contributed by atoms with E-state index < -0.39 is 0 Å². The molecule has 0 spiro atoms. The summed E-state index contributed by atoms with van der Waals surface area (Å²) in [4.78, 5) is 4.63. The van der Waals surface area contributed by atoms with Gasteiger partial charge < -0.3 is 15.8 Å². The fourth-order valence-electron chi connectivity index (χ4n) is 3.05. The van der Waals surface area contributed by atoms with Crippen LogP contribution in [0.3, 0.4) is 0 Å². The van der Waals surface area contributed by atoms with Crippen LogP contribution in [0, 0.1) is 0 Å². The van der Waals surface area contributed by atoms with Crippen molar-refractivity contribution in [1.82, 2.24) is 0 Å². The molecule has 0 amide bonds. The van der Waals surface area contributed by atoms with Gasteiger partial charge >= 0.3 is 0 Å². The Hall–Kier alpha value is -1.85. The van der Waals surface area contributed by atoms with Gasteiger partial charge in [-0.05, 0) is 42.7 Å². The fourth-order valence-corrected chi connectivity index (χ4v) is 3.31. The van der Waals surface area contributed by atoms with Crippen LogP contribution in [0.1, 0.15) is 18.4 Å². The van der Waals surface area contributed by atoms with Crippen molar-refractivity contribution in [3.63, 3.8) is 0 Å². The maximum Gasteiger partial charge on any atom is 0.193 e. The molecule has 126 valence electrons. The van der Waals surface area contributed by atoms with Gasteiger partial charge in [0.25, 0.3) is 0 Å². The van der Waals surface area contributed by atoms with E-state index in [1.807, 2.05) is 30.3 Å². The van der Waals surface area contributed by atoms with Gasteiger partial charge in [-0.15, -0.1) is 0 Å². The molecule has 0 aromatic heterocycles. The quantitative estimate of drug-likeness (QED) is 0.617. The van der Waals surface area contributed by atoms with E-state index in [4.69, 9.17) is 10.5 Å². The summed E-state index contributed by atoms with van der Waals surface area (Å²) < 4.78 is 6.65. The molecule has 1 saturated heterocycles. The smallest absolute Gasteiger partial charge is 0.193 e. The van der Waals surface area contributed by atoms with Gasteiger partial charge in [-0.1, -0.05) is 46.3 Å². The topological polar surface area (TPSA) is 59.6 Å². The third-order valence-corrected chi connectivity index (χ3v) is 5.03. The third-order valence-electron chi connectivity index (χ3n) is 4.50. The van der Waals surface area contributed by atoms with Crippen LogP contribution in [-0.4, -0.2) is 25.7 Å². The van der Waals surface area contributed by atoms with Gasteiger partial charge in [0, 0.05) is 28.8 Å². The molecule has 1 heterocycles. The summed E-state index contributed by atoms with van der Waals surface area (Å²) in [6.45, 7) is 2.18. The Morgan fingerprint density at radius 1 is 1.08 bits per heavy atom. The molecule has 1 aliphatic rings. The summed E-state index contributed by atoms with van der Waals surface area (Å²) >= 11 is 3.50. The number of hydrogen-bond donors (Lipinski definition) is 2. The molecule has 0 radical (unpaired) electrons. The molecule has 1 fully saturated rings. The van der Waals surface area contributed by atoms with Gasteiger partial charge in [0.15, 0.2) is 5.96 Å². The lowest BCUT2D eigenvalue weighted by molar-refractivity contribution is 0.0531. The second-order valence-electron chi connectivity index (χ2n) is 6.09. The zero-order valence-corrected chi connectivity index (χ0v) is 15.1. The highest BCUT2D eigenvalue weighted by Gasteiger charge is 2.34. The first-order valence-corrected chi connectivity index (χ1v) is 8.93. The normalized spacial score (nSPS) is 17.5. The number of nitrogens with one attached hydrogen (secondary N) is 1. The Morgan fingerprint density at radius 2 is 1.75 bits per heavy atom. The Kier molecular flexibility index (Phi) is 5.53. The van der Waals surface area contributed by atoms with Gasteiger partial charge in [-0.25, -0.2) is 0 Å². The Labute approximate surface area is 151 Å². The number of guanidine groups is 1. The van der Waals surface area contributed by atoms with E-state index in [1.54, 1.807) is 0 Å². The average molecular weight is 388 g/mol. The maximum absolute atomic E-state index is 6.08. The molecule has 2 aromatic rings. The Bertz CT molecular complexity index is 680. The van der Waals surface area contributed by atoms with Crippen molar-refractivity contribution in [2.75, 3.05) is 25.1 Å². The molecule has 0 bridgehead atoms. The first kappa shape index (κ1) is 17.0. The number of rotatable bonds is 4. The minimum absolute atomic E-state index is 0.0120. The number of nitrogens with two attached hydrogens (primary N) is 1. The molecule has 4 nitrogen and oxygen atoms in total. The first-order valence-electron chi connectivity index (χ1n) is 8.14. The fraction of sp³-hybridized carbons (Fsp3) is 0.316. The van der Waals surface area contributed by atoms with Crippen molar-refractivity contribution in [3.05, 3.63) is 64.6 Å². The van der Waals surface area contributed by atoms with Crippen molar-refractivity contribution in [2.24, 2.45) is 10.7 Å². The van der Waals surface area contributed by atoms with Gasteiger partial charge in [-0.2, -0.15) is 0 Å². The lowest BCUT2D eigenvalue weighted by atomic mass is 9.74. The van der Waals surface area contributed by atoms with Crippen molar-refractivity contribution in [1.29, 1.82) is 0 Å². The van der Waals surface area contributed by atoms with Crippen LogP contribution in [-0.2, 0) is 10.2 Å². The SMILES string of the molecule is NC(=NCC1(c2ccc(Br)cc2)CCOCC1)Nc1ccccc1. The van der Waals surface area contributed by atoms with Crippen LogP contribution in [0.15, 0.2) is 64.1 Å². The van der Waals surface area contributed by atoms with E-state index in [0.29, 0.717) is 12.5 Å². The minimum Gasteiger partial charge on any atom is -0.381 e. The lowest BCUT2D eigenvalue weighted by Crippen LogP contribution is -2.38. The number of hydrogen-bond acceptors (Lipinski definition) is 2. The summed E-state index contributed by atoms with van der Waals surface area (Å²) in [5, 5.41) is 3.15. The number of aliphatic imine (C=N–C) groups is 1. The molecule has 0 atom stereocenters. The minimum atomic E-state index is -0.0120. The molecular weight excluding hydrogens is 366 g/mol. The van der Waals surface area contributed by atoms with Crippen molar-refractivity contribution >= 4 is 27.6 Å². The average Bonchev–Trinajstić information content (AvgIpc) is 2.62. The first-order chi connectivity index (χ1) is 11.7. The molecule has 0 saturated carbocycles. The van der Waals surface area contributed by atoms with E-state index >= 15 is 0 Å². The summed E-state index contributed by atoms with van der Waals surface area (Å²) in [7, 11) is 0. The van der Waals surface area contributed by atoms with Gasteiger partial charge in [0.2, 0.25) is 0 Å². The van der Waals surface area contributed by atoms with E-state index in [-0.39, 0.29) is 5.41 Å². The van der Waals surface area contributed by atoms with Crippen LogP contribution < -0.4 is 11.1 Å². The second kappa shape index (κ2) is 7.81. The van der Waals surface area contributed by atoms with Crippen LogP contribution in [0.5, 0.6) is 0 Å². The molecule has 0 unspecified atom stereocenters. The summed E-state index contributed by atoms with van der Waals surface area (Å²) in [6.07, 6.45) is 1.91. The van der Waals surface area contributed by atoms with E-state index in [0.717, 1.165) is 36.2 Å². The lowest BCUT2D eigenvalue weighted by Gasteiger charge is -2.36. The monoisotopic (exact) mass is 387 g/mol. The second-order valence-corrected chi connectivity index (χ2v) is 7.01. The highest BCUT2D eigenvalue weighted by molar-refractivity contribution is 9.10. The molecule has 24 heavy (non-hydrogen) atoms. The predicted octanol–water partition coefficient (Wildman–Crippen LogP) is 3.92. The zero-order chi connectivity index (χ0) is 16.8. The zero-order valence-electron chi connectivity index (χ0n) is 13.5.